The van der Waals surface area contributed by atoms with E-state index in [4.69, 9.17) is 31.4 Å². The molecule has 4 heterocycles. The van der Waals surface area contributed by atoms with Crippen molar-refractivity contribution in [2.75, 3.05) is 19.6 Å². The summed E-state index contributed by atoms with van der Waals surface area (Å²) in [5.74, 6) is -4.82. The van der Waals surface area contributed by atoms with E-state index in [0.717, 1.165) is 52.7 Å². The lowest BCUT2D eigenvalue weighted by atomic mass is 10.1. The second-order valence-electron chi connectivity index (χ2n) is 10.1. The molecule has 0 atom stereocenters. The van der Waals surface area contributed by atoms with Crippen LogP contribution < -0.4 is 5.32 Å². The molecule has 1 aromatic carbocycles. The molecule has 0 bridgehead atoms. The number of carbonyl (C=O) groups excluding carboxylic acids is 1. The Balaban J connectivity index is 0.000000345. The van der Waals surface area contributed by atoms with Crippen molar-refractivity contribution in [2.45, 2.75) is 52.1 Å². The second kappa shape index (κ2) is 14.8. The van der Waals surface area contributed by atoms with Crippen LogP contribution in [0, 0.1) is 6.92 Å². The Hall–Kier alpha value is -4.38. The predicted octanol–water partition coefficient (Wildman–Crippen LogP) is 5.31. The molecule has 1 fully saturated rings. The van der Waals surface area contributed by atoms with Gasteiger partial charge in [0.05, 0.1) is 11.0 Å². The number of rotatable bonds is 6. The van der Waals surface area contributed by atoms with Gasteiger partial charge in [0.1, 0.15) is 11.5 Å². The molecule has 46 heavy (non-hydrogen) atoms. The summed E-state index contributed by atoms with van der Waals surface area (Å²) in [6, 6.07) is 12.1. The third-order valence-electron chi connectivity index (χ3n) is 6.62. The van der Waals surface area contributed by atoms with Crippen LogP contribution in [0.3, 0.4) is 0 Å². The summed E-state index contributed by atoms with van der Waals surface area (Å²) in [7, 11) is 0. The van der Waals surface area contributed by atoms with Crippen LogP contribution in [-0.2, 0) is 22.7 Å². The first-order valence-electron chi connectivity index (χ1n) is 13.7. The first-order chi connectivity index (χ1) is 21.4. The number of fused-ring (bicyclic) bond motifs is 3. The summed E-state index contributed by atoms with van der Waals surface area (Å²) in [5.41, 5.74) is 5.56. The molecule has 0 aliphatic carbocycles. The summed E-state index contributed by atoms with van der Waals surface area (Å²) in [6.07, 6.45) is -7.65. The number of amides is 1. The van der Waals surface area contributed by atoms with Crippen LogP contribution in [0.25, 0.3) is 16.7 Å². The number of carbonyl (C=O) groups is 3. The SMILES string of the molecule is CCNC(=O)c1cc2c(ccc3nnc(C)n32)n1Cc1cc(Cl)cc(CN2CCCC2)c1.O=C(O)C(F)(F)F.O=C(O)C(F)(F)F. The smallest absolute Gasteiger partial charge is 0.475 e. The van der Waals surface area contributed by atoms with Crippen LogP contribution in [0.4, 0.5) is 26.3 Å². The molecule has 5 rings (SSSR count). The lowest BCUT2D eigenvalue weighted by molar-refractivity contribution is -0.193. The zero-order valence-electron chi connectivity index (χ0n) is 24.4. The monoisotopic (exact) mass is 678 g/mol. The molecule has 3 N–H and O–H groups in total. The molecule has 4 aromatic rings. The highest BCUT2D eigenvalue weighted by Gasteiger charge is 2.38. The van der Waals surface area contributed by atoms with Gasteiger partial charge in [-0.25, -0.2) is 9.59 Å². The topological polar surface area (TPSA) is 142 Å². The van der Waals surface area contributed by atoms with Gasteiger partial charge in [0.25, 0.3) is 5.91 Å². The van der Waals surface area contributed by atoms with E-state index in [1.165, 1.54) is 18.4 Å². The molecule has 1 aliphatic heterocycles. The fraction of sp³-hybridized carbons (Fsp3) is 0.393. The summed E-state index contributed by atoms with van der Waals surface area (Å²) in [4.78, 5) is 33.2. The lowest BCUT2D eigenvalue weighted by Gasteiger charge is -2.16. The van der Waals surface area contributed by atoms with Crippen molar-refractivity contribution in [2.24, 2.45) is 0 Å². The number of alkyl halides is 6. The minimum atomic E-state index is -5.08. The van der Waals surface area contributed by atoms with E-state index in [1.54, 1.807) is 0 Å². The van der Waals surface area contributed by atoms with Gasteiger partial charge in [-0.3, -0.25) is 14.1 Å². The van der Waals surface area contributed by atoms with Gasteiger partial charge in [-0.05, 0) is 81.2 Å². The van der Waals surface area contributed by atoms with Crippen molar-refractivity contribution in [3.63, 3.8) is 0 Å². The van der Waals surface area contributed by atoms with E-state index in [-0.39, 0.29) is 5.91 Å². The predicted molar refractivity (Wildman–Crippen MR) is 154 cm³/mol. The number of hydrogen-bond acceptors (Lipinski definition) is 6. The van der Waals surface area contributed by atoms with Crippen LogP contribution in [-0.4, -0.2) is 84.1 Å². The first-order valence-corrected chi connectivity index (χ1v) is 14.0. The van der Waals surface area contributed by atoms with Crippen molar-refractivity contribution >= 4 is 46.1 Å². The van der Waals surface area contributed by atoms with Crippen LogP contribution in [0.15, 0.2) is 36.4 Å². The zero-order valence-corrected chi connectivity index (χ0v) is 25.2. The normalized spacial score (nSPS) is 13.6. The quantitative estimate of drug-likeness (QED) is 0.233. The standard InChI is InChI=1S/C24H27ClN6O.2C2HF3O2/c1-3-26-24(32)22-13-21-20(6-7-23-28-27-16(2)31(21)23)30(22)15-18-10-17(11-19(25)12-18)14-29-8-4-5-9-29;2*3-2(4,5)1(6)7/h6-7,10-13H,3-5,8-9,14-15H2,1-2H3,(H,26,32);2*(H,6,7). The highest BCUT2D eigenvalue weighted by Crippen LogP contribution is 2.26. The molecular formula is C28H29ClF6N6O5. The van der Waals surface area contributed by atoms with E-state index in [9.17, 15) is 31.1 Å². The molecule has 11 nitrogen and oxygen atoms in total. The number of likely N-dealkylation sites (tertiary alicyclic amines) is 1. The summed E-state index contributed by atoms with van der Waals surface area (Å²) >= 11 is 6.50. The van der Waals surface area contributed by atoms with Crippen LogP contribution in [0.1, 0.15) is 47.2 Å². The molecule has 0 saturated carbocycles. The van der Waals surface area contributed by atoms with Gasteiger partial charge in [-0.2, -0.15) is 26.3 Å². The maximum atomic E-state index is 12.9. The zero-order chi connectivity index (χ0) is 34.4. The fourth-order valence-corrected chi connectivity index (χ4v) is 5.01. The van der Waals surface area contributed by atoms with Crippen molar-refractivity contribution in [1.29, 1.82) is 0 Å². The first kappa shape index (κ1) is 36.1. The van der Waals surface area contributed by atoms with Gasteiger partial charge in [0.15, 0.2) is 5.65 Å². The second-order valence-corrected chi connectivity index (χ2v) is 10.5. The number of halogens is 7. The van der Waals surface area contributed by atoms with Gasteiger partial charge >= 0.3 is 24.3 Å². The van der Waals surface area contributed by atoms with Gasteiger partial charge in [0.2, 0.25) is 0 Å². The third-order valence-corrected chi connectivity index (χ3v) is 6.83. The van der Waals surface area contributed by atoms with Crippen LogP contribution in [0.5, 0.6) is 0 Å². The average Bonchev–Trinajstić information content (AvgIpc) is 3.68. The Labute approximate surface area is 262 Å². The number of carboxylic acid groups (broad SMARTS) is 2. The third kappa shape index (κ3) is 9.32. The Morgan fingerprint density at radius 1 is 0.870 bits per heavy atom. The number of aromatic nitrogens is 4. The number of nitrogens with one attached hydrogen (secondary N) is 1. The molecule has 1 amide bonds. The highest BCUT2D eigenvalue weighted by atomic mass is 35.5. The number of nitrogens with zero attached hydrogens (tertiary/aromatic N) is 5. The van der Waals surface area contributed by atoms with Gasteiger partial charge in [-0.15, -0.1) is 10.2 Å². The van der Waals surface area contributed by atoms with Crippen LogP contribution in [0.2, 0.25) is 5.02 Å². The highest BCUT2D eigenvalue weighted by molar-refractivity contribution is 6.30. The minimum absolute atomic E-state index is 0.0955. The van der Waals surface area contributed by atoms with E-state index in [1.807, 2.05) is 48.6 Å². The molecule has 0 unspecified atom stereocenters. The molecule has 0 spiro atoms. The number of pyridine rings is 1. The van der Waals surface area contributed by atoms with Crippen molar-refractivity contribution < 1.29 is 50.9 Å². The number of aryl methyl sites for hydroxylation is 1. The molecular weight excluding hydrogens is 650 g/mol. The van der Waals surface area contributed by atoms with Crippen molar-refractivity contribution in [1.82, 2.24) is 29.4 Å². The molecule has 1 saturated heterocycles. The van der Waals surface area contributed by atoms with E-state index in [0.29, 0.717) is 18.8 Å². The molecule has 1 aliphatic rings. The van der Waals surface area contributed by atoms with Gasteiger partial charge < -0.3 is 20.1 Å². The lowest BCUT2D eigenvalue weighted by Crippen LogP contribution is -2.25. The average molecular weight is 679 g/mol. The Morgan fingerprint density at radius 2 is 1.41 bits per heavy atom. The summed E-state index contributed by atoms with van der Waals surface area (Å²) in [5, 5.41) is 26.3. The number of hydrogen-bond donors (Lipinski definition) is 3. The summed E-state index contributed by atoms with van der Waals surface area (Å²) in [6.45, 7) is 8.15. The Kier molecular flexibility index (Phi) is 11.6. The fourth-order valence-electron chi connectivity index (χ4n) is 4.73. The minimum Gasteiger partial charge on any atom is -0.475 e. The molecule has 18 heteroatoms. The van der Waals surface area contributed by atoms with Crippen molar-refractivity contribution in [3.8, 4) is 0 Å². The van der Waals surface area contributed by atoms with Gasteiger partial charge in [-0.1, -0.05) is 17.7 Å². The number of carboxylic acids is 2. The summed E-state index contributed by atoms with van der Waals surface area (Å²) < 4.78 is 67.5. The van der Waals surface area contributed by atoms with Crippen molar-refractivity contribution in [3.05, 3.63) is 64.1 Å². The Morgan fingerprint density at radius 3 is 1.93 bits per heavy atom. The maximum absolute atomic E-state index is 12.9. The number of benzene rings is 1. The molecule has 0 radical (unpaired) electrons. The Bertz CT molecular complexity index is 1690. The molecule has 250 valence electrons. The van der Waals surface area contributed by atoms with Crippen LogP contribution >= 0.6 is 11.6 Å². The molecule has 3 aromatic heterocycles. The van der Waals surface area contributed by atoms with E-state index < -0.39 is 24.3 Å². The van der Waals surface area contributed by atoms with Gasteiger partial charge in [0, 0.05) is 24.7 Å². The largest absolute Gasteiger partial charge is 0.490 e. The number of aliphatic carboxylic acids is 2. The van der Waals surface area contributed by atoms with E-state index in [2.05, 4.69) is 31.0 Å². The van der Waals surface area contributed by atoms with E-state index >= 15 is 0 Å². The maximum Gasteiger partial charge on any atom is 0.490 e.